The summed E-state index contributed by atoms with van der Waals surface area (Å²) in [6.07, 6.45) is 0. The van der Waals surface area contributed by atoms with E-state index in [1.165, 1.54) is 4.90 Å². The molecule has 2 heterocycles. The maximum atomic E-state index is 13.0. The summed E-state index contributed by atoms with van der Waals surface area (Å²) in [4.78, 5) is 37.7. The van der Waals surface area contributed by atoms with Gasteiger partial charge in [0.1, 0.15) is 5.75 Å². The predicted octanol–water partition coefficient (Wildman–Crippen LogP) is 4.55. The van der Waals surface area contributed by atoms with E-state index in [4.69, 9.17) is 4.74 Å². The zero-order chi connectivity index (χ0) is 22.8. The summed E-state index contributed by atoms with van der Waals surface area (Å²) >= 11 is 1.02. The van der Waals surface area contributed by atoms with Gasteiger partial charge in [-0.25, -0.2) is 0 Å². The topological polar surface area (TPSA) is 80.6 Å². The molecule has 164 valence electrons. The molecule has 32 heavy (non-hydrogen) atoms. The van der Waals surface area contributed by atoms with Gasteiger partial charge in [0.05, 0.1) is 25.0 Å². The molecule has 1 fully saturated rings. The Labute approximate surface area is 190 Å². The van der Waals surface area contributed by atoms with Crippen LogP contribution >= 0.6 is 11.8 Å². The van der Waals surface area contributed by atoms with E-state index < -0.39 is 0 Å². The molecule has 1 aromatic heterocycles. The van der Waals surface area contributed by atoms with Crippen molar-refractivity contribution in [2.75, 3.05) is 18.2 Å². The quantitative estimate of drug-likeness (QED) is 0.597. The third kappa shape index (κ3) is 4.27. The lowest BCUT2D eigenvalue weighted by atomic mass is 10.1. The fraction of sp³-hybridized carbons (Fsp3) is 0.208. The molecule has 0 spiro atoms. The summed E-state index contributed by atoms with van der Waals surface area (Å²) in [5.41, 5.74) is 4.73. The zero-order valence-corrected chi connectivity index (χ0v) is 18.9. The summed E-state index contributed by atoms with van der Waals surface area (Å²) in [6.45, 7) is 4.10. The normalized spacial score (nSPS) is 13.5. The van der Waals surface area contributed by atoms with E-state index in [0.717, 1.165) is 40.2 Å². The summed E-state index contributed by atoms with van der Waals surface area (Å²) in [6, 6.07) is 16.7. The van der Waals surface area contributed by atoms with Gasteiger partial charge in [-0.2, -0.15) is 0 Å². The number of imide groups is 1. The van der Waals surface area contributed by atoms with Gasteiger partial charge in [0.25, 0.3) is 11.1 Å². The van der Waals surface area contributed by atoms with Crippen molar-refractivity contribution in [1.29, 1.82) is 0 Å². The van der Waals surface area contributed by atoms with Crippen LogP contribution in [0.1, 0.15) is 27.3 Å². The van der Waals surface area contributed by atoms with Gasteiger partial charge in [0, 0.05) is 28.8 Å². The third-order valence-electron chi connectivity index (χ3n) is 5.38. The van der Waals surface area contributed by atoms with Crippen LogP contribution in [0.3, 0.4) is 0 Å². The number of nitrogens with zero attached hydrogens (tertiary/aromatic N) is 2. The molecule has 0 unspecified atom stereocenters. The highest BCUT2D eigenvalue weighted by molar-refractivity contribution is 8.14. The van der Waals surface area contributed by atoms with Gasteiger partial charge in [-0.15, -0.1) is 0 Å². The lowest BCUT2D eigenvalue weighted by Gasteiger charge is -2.13. The first-order chi connectivity index (χ1) is 15.4. The molecule has 1 aliphatic heterocycles. The van der Waals surface area contributed by atoms with Crippen molar-refractivity contribution in [3.8, 4) is 11.4 Å². The highest BCUT2D eigenvalue weighted by Gasteiger charge is 2.29. The van der Waals surface area contributed by atoms with Crippen molar-refractivity contribution in [3.05, 3.63) is 77.1 Å². The maximum absolute atomic E-state index is 13.0. The average Bonchev–Trinajstić information content (AvgIpc) is 3.27. The number of hydrogen-bond donors (Lipinski definition) is 1. The van der Waals surface area contributed by atoms with Gasteiger partial charge in [0.2, 0.25) is 5.91 Å². The Morgan fingerprint density at radius 1 is 1.09 bits per heavy atom. The van der Waals surface area contributed by atoms with Gasteiger partial charge in [-0.1, -0.05) is 30.0 Å². The second kappa shape index (κ2) is 8.92. The first kappa shape index (κ1) is 21.7. The zero-order valence-electron chi connectivity index (χ0n) is 18.0. The summed E-state index contributed by atoms with van der Waals surface area (Å²) < 4.78 is 7.33. The maximum Gasteiger partial charge on any atom is 0.289 e. The van der Waals surface area contributed by atoms with Crippen LogP contribution in [0, 0.1) is 13.8 Å². The number of nitrogens with one attached hydrogen (secondary N) is 1. The van der Waals surface area contributed by atoms with Crippen molar-refractivity contribution in [3.63, 3.8) is 0 Å². The van der Waals surface area contributed by atoms with Crippen LogP contribution < -0.4 is 10.1 Å². The Hall–Kier alpha value is -3.52. The number of carbonyl (C=O) groups excluding carboxylic acids is 3. The molecule has 0 bridgehead atoms. The monoisotopic (exact) mass is 449 g/mol. The lowest BCUT2D eigenvalue weighted by Crippen LogP contribution is -2.27. The predicted molar refractivity (Wildman–Crippen MR) is 125 cm³/mol. The molecule has 0 atom stereocenters. The molecule has 7 nitrogen and oxygen atoms in total. The highest BCUT2D eigenvalue weighted by Crippen LogP contribution is 2.25. The number of aromatic nitrogens is 1. The van der Waals surface area contributed by atoms with Crippen LogP contribution in [0.4, 0.5) is 10.5 Å². The van der Waals surface area contributed by atoms with Crippen LogP contribution in [0.25, 0.3) is 5.69 Å². The van der Waals surface area contributed by atoms with E-state index in [0.29, 0.717) is 11.3 Å². The van der Waals surface area contributed by atoms with E-state index in [1.54, 1.807) is 31.4 Å². The number of amides is 3. The molecule has 8 heteroatoms. The van der Waals surface area contributed by atoms with E-state index in [1.807, 2.05) is 48.7 Å². The lowest BCUT2D eigenvalue weighted by molar-refractivity contribution is -0.125. The van der Waals surface area contributed by atoms with Crippen molar-refractivity contribution in [2.45, 2.75) is 20.4 Å². The minimum absolute atomic E-state index is 0.177. The number of methoxy groups -OCH3 is 1. The largest absolute Gasteiger partial charge is 0.497 e. The van der Waals surface area contributed by atoms with Crippen LogP contribution in [0.15, 0.2) is 54.6 Å². The Bertz CT molecular complexity index is 1180. The highest BCUT2D eigenvalue weighted by atomic mass is 32.2. The number of hydrogen-bond acceptors (Lipinski definition) is 5. The average molecular weight is 450 g/mol. The van der Waals surface area contributed by atoms with Crippen molar-refractivity contribution in [1.82, 2.24) is 9.47 Å². The van der Waals surface area contributed by atoms with Crippen molar-refractivity contribution in [2.24, 2.45) is 0 Å². The van der Waals surface area contributed by atoms with Gasteiger partial charge in [-0.05, 0) is 49.7 Å². The number of benzene rings is 2. The molecule has 1 saturated heterocycles. The minimum Gasteiger partial charge on any atom is -0.497 e. The van der Waals surface area contributed by atoms with Crippen LogP contribution in [-0.4, -0.2) is 39.4 Å². The second-order valence-corrected chi connectivity index (χ2v) is 8.43. The minimum atomic E-state index is -0.223. The molecule has 1 aliphatic rings. The molecule has 2 aromatic carbocycles. The first-order valence-electron chi connectivity index (χ1n) is 10.1. The van der Waals surface area contributed by atoms with Gasteiger partial charge in [-0.3, -0.25) is 19.3 Å². The fourth-order valence-corrected chi connectivity index (χ4v) is 4.47. The van der Waals surface area contributed by atoms with Crippen molar-refractivity contribution >= 4 is 34.5 Å². The molecule has 0 aliphatic carbocycles. The standard InChI is InChI=1S/C24H23N3O4S/c1-15-11-21(16(2)27(15)19-5-4-6-20(12-19)31-3)23(29)25-18-9-7-17(8-10-18)13-26-22(28)14-32-24(26)30/h4-12H,13-14H2,1-3H3,(H,25,29). The number of thioether (sulfide) groups is 1. The second-order valence-electron chi connectivity index (χ2n) is 7.51. The molecule has 3 aromatic rings. The van der Waals surface area contributed by atoms with E-state index in [-0.39, 0.29) is 29.4 Å². The molecular weight excluding hydrogens is 426 g/mol. The molecule has 0 saturated carbocycles. The van der Waals surface area contributed by atoms with Crippen LogP contribution in [-0.2, 0) is 11.3 Å². The Morgan fingerprint density at radius 2 is 1.84 bits per heavy atom. The summed E-state index contributed by atoms with van der Waals surface area (Å²) in [5, 5.41) is 2.70. The van der Waals surface area contributed by atoms with E-state index in [2.05, 4.69) is 5.32 Å². The van der Waals surface area contributed by atoms with Crippen LogP contribution in [0.2, 0.25) is 0 Å². The molecule has 0 radical (unpaired) electrons. The Morgan fingerprint density at radius 3 is 2.50 bits per heavy atom. The number of ether oxygens (including phenoxy) is 1. The molecule has 3 amide bonds. The summed E-state index contributed by atoms with van der Waals surface area (Å²) in [5.74, 6) is 0.559. The Kier molecular flexibility index (Phi) is 6.05. The van der Waals surface area contributed by atoms with Gasteiger partial charge in [0.15, 0.2) is 0 Å². The number of anilines is 1. The first-order valence-corrected chi connectivity index (χ1v) is 11.1. The molecule has 1 N–H and O–H groups in total. The smallest absolute Gasteiger partial charge is 0.289 e. The molecule has 4 rings (SSSR count). The van der Waals surface area contributed by atoms with Crippen molar-refractivity contribution < 1.29 is 19.1 Å². The van der Waals surface area contributed by atoms with Gasteiger partial charge >= 0.3 is 0 Å². The number of carbonyl (C=O) groups is 3. The number of rotatable bonds is 6. The third-order valence-corrected chi connectivity index (χ3v) is 6.24. The SMILES string of the molecule is COc1cccc(-n2c(C)cc(C(=O)Nc3ccc(CN4C(=O)CSC4=O)cc3)c2C)c1. The fourth-order valence-electron chi connectivity index (χ4n) is 3.75. The number of aryl methyl sites for hydroxylation is 1. The van der Waals surface area contributed by atoms with E-state index >= 15 is 0 Å². The van der Waals surface area contributed by atoms with E-state index in [9.17, 15) is 14.4 Å². The Balaban J connectivity index is 1.49. The molecular formula is C24H23N3O4S. The van der Waals surface area contributed by atoms with Crippen LogP contribution in [0.5, 0.6) is 5.75 Å². The summed E-state index contributed by atoms with van der Waals surface area (Å²) in [7, 11) is 1.62. The van der Waals surface area contributed by atoms with Gasteiger partial charge < -0.3 is 14.6 Å².